The highest BCUT2D eigenvalue weighted by Gasteiger charge is 2.38. The van der Waals surface area contributed by atoms with Crippen molar-refractivity contribution in [3.8, 4) is 0 Å². The molecule has 2 N–H and O–H groups in total. The van der Waals surface area contributed by atoms with E-state index in [1.807, 2.05) is 0 Å². The molecule has 0 radical (unpaired) electrons. The molecule has 1 heterocycles. The van der Waals surface area contributed by atoms with Crippen LogP contribution in [0.15, 0.2) is 23.8 Å². The van der Waals surface area contributed by atoms with Crippen molar-refractivity contribution < 1.29 is 29.1 Å². The molecule has 21 heavy (non-hydrogen) atoms. The summed E-state index contributed by atoms with van der Waals surface area (Å²) in [5.41, 5.74) is 1.39. The Bertz CT molecular complexity index is 610. The van der Waals surface area contributed by atoms with E-state index in [0.29, 0.717) is 16.6 Å². The van der Waals surface area contributed by atoms with Crippen LogP contribution in [0.1, 0.15) is 25.0 Å². The SMILES string of the molecule is Cc1cc(B(O)O)ccc1C=C1C(=O)OC(C)(C)OC1=O. The molecular formula is C14H15BO6. The van der Waals surface area contributed by atoms with Crippen LogP contribution in [-0.2, 0) is 19.1 Å². The Morgan fingerprint density at radius 3 is 2.19 bits per heavy atom. The minimum absolute atomic E-state index is 0.199. The number of cyclic esters (lactones) is 2. The van der Waals surface area contributed by atoms with E-state index in [0.717, 1.165) is 0 Å². The molecule has 0 spiro atoms. The Balaban J connectivity index is 2.36. The fraction of sp³-hybridized carbons (Fsp3) is 0.286. The van der Waals surface area contributed by atoms with Crippen molar-refractivity contribution in [1.82, 2.24) is 0 Å². The molecule has 1 aliphatic heterocycles. The fourth-order valence-corrected chi connectivity index (χ4v) is 1.96. The highest BCUT2D eigenvalue weighted by atomic mass is 16.7. The van der Waals surface area contributed by atoms with Crippen LogP contribution in [0.25, 0.3) is 6.08 Å². The molecule has 0 aliphatic carbocycles. The highest BCUT2D eigenvalue weighted by Crippen LogP contribution is 2.24. The maximum absolute atomic E-state index is 11.8. The second-order valence-corrected chi connectivity index (χ2v) is 5.23. The lowest BCUT2D eigenvalue weighted by Gasteiger charge is -2.29. The zero-order chi connectivity index (χ0) is 15.8. The first-order valence-electron chi connectivity index (χ1n) is 6.35. The molecule has 110 valence electrons. The largest absolute Gasteiger partial charge is 0.488 e. The standard InChI is InChI=1S/C14H15BO6/c1-8-6-10(15(18)19)5-4-9(8)7-11-12(16)20-14(2,3)21-13(11)17/h4-7,18-19H,1-3H3. The minimum Gasteiger partial charge on any atom is -0.423 e. The number of ether oxygens (including phenoxy) is 2. The molecule has 1 aromatic carbocycles. The first kappa shape index (κ1) is 15.3. The molecular weight excluding hydrogens is 275 g/mol. The van der Waals surface area contributed by atoms with Gasteiger partial charge in [-0.25, -0.2) is 9.59 Å². The highest BCUT2D eigenvalue weighted by molar-refractivity contribution is 6.58. The molecule has 0 saturated carbocycles. The third-order valence-corrected chi connectivity index (χ3v) is 3.01. The third kappa shape index (κ3) is 3.32. The number of carbonyl (C=O) groups excluding carboxylic acids is 2. The molecule has 6 nitrogen and oxygen atoms in total. The van der Waals surface area contributed by atoms with E-state index in [-0.39, 0.29) is 5.57 Å². The van der Waals surface area contributed by atoms with Crippen molar-refractivity contribution in [2.75, 3.05) is 0 Å². The van der Waals surface area contributed by atoms with Crippen molar-refractivity contribution in [3.05, 3.63) is 34.9 Å². The summed E-state index contributed by atoms with van der Waals surface area (Å²) in [6.45, 7) is 4.67. The Labute approximate surface area is 122 Å². The van der Waals surface area contributed by atoms with Crippen LogP contribution in [0.2, 0.25) is 0 Å². The number of rotatable bonds is 2. The van der Waals surface area contributed by atoms with Crippen LogP contribution >= 0.6 is 0 Å². The van der Waals surface area contributed by atoms with Gasteiger partial charge in [0.05, 0.1) is 0 Å². The predicted molar refractivity (Wildman–Crippen MR) is 75.2 cm³/mol. The number of hydrogen-bond acceptors (Lipinski definition) is 6. The van der Waals surface area contributed by atoms with E-state index in [1.165, 1.54) is 26.0 Å². The van der Waals surface area contributed by atoms with Crippen molar-refractivity contribution in [2.24, 2.45) is 0 Å². The van der Waals surface area contributed by atoms with Gasteiger partial charge >= 0.3 is 19.1 Å². The zero-order valence-corrected chi connectivity index (χ0v) is 11.9. The van der Waals surface area contributed by atoms with Gasteiger partial charge in [-0.05, 0) is 29.6 Å². The number of hydrogen-bond donors (Lipinski definition) is 2. The van der Waals surface area contributed by atoms with E-state index < -0.39 is 24.8 Å². The second-order valence-electron chi connectivity index (χ2n) is 5.23. The molecule has 0 atom stereocenters. The summed E-state index contributed by atoms with van der Waals surface area (Å²) >= 11 is 0. The van der Waals surface area contributed by atoms with Crippen molar-refractivity contribution in [3.63, 3.8) is 0 Å². The molecule has 0 amide bonds. The zero-order valence-electron chi connectivity index (χ0n) is 11.9. The van der Waals surface area contributed by atoms with Gasteiger partial charge in [0.2, 0.25) is 0 Å². The maximum atomic E-state index is 11.8. The number of esters is 2. The molecule has 0 bridgehead atoms. The molecule has 1 aromatic rings. The van der Waals surface area contributed by atoms with E-state index in [2.05, 4.69) is 0 Å². The van der Waals surface area contributed by atoms with E-state index in [4.69, 9.17) is 19.5 Å². The first-order chi connectivity index (χ1) is 9.69. The molecule has 7 heteroatoms. The van der Waals surface area contributed by atoms with Crippen molar-refractivity contribution >= 4 is 30.6 Å². The summed E-state index contributed by atoms with van der Waals surface area (Å²) in [6.07, 6.45) is 1.36. The molecule has 1 aliphatic rings. The third-order valence-electron chi connectivity index (χ3n) is 3.01. The van der Waals surface area contributed by atoms with E-state index >= 15 is 0 Å². The Hall–Kier alpha value is -2.12. The van der Waals surface area contributed by atoms with Gasteiger partial charge in [0.1, 0.15) is 5.57 Å². The average molecular weight is 290 g/mol. The van der Waals surface area contributed by atoms with Crippen molar-refractivity contribution in [1.29, 1.82) is 0 Å². The van der Waals surface area contributed by atoms with Gasteiger partial charge in [-0.2, -0.15) is 0 Å². The Kier molecular flexibility index (Phi) is 3.89. The number of aryl methyl sites for hydroxylation is 1. The maximum Gasteiger partial charge on any atom is 0.488 e. The van der Waals surface area contributed by atoms with Crippen LogP contribution < -0.4 is 5.46 Å². The summed E-state index contributed by atoms with van der Waals surface area (Å²) in [4.78, 5) is 23.7. The minimum atomic E-state index is -1.57. The normalized spacial score (nSPS) is 17.1. The van der Waals surface area contributed by atoms with Crippen LogP contribution in [0.3, 0.4) is 0 Å². The topological polar surface area (TPSA) is 93.1 Å². The van der Waals surface area contributed by atoms with Gasteiger partial charge in [-0.1, -0.05) is 18.2 Å². The summed E-state index contributed by atoms with van der Waals surface area (Å²) in [5.74, 6) is -2.77. The Morgan fingerprint density at radius 1 is 1.14 bits per heavy atom. The van der Waals surface area contributed by atoms with E-state index in [1.54, 1.807) is 19.1 Å². The fourth-order valence-electron chi connectivity index (χ4n) is 1.96. The van der Waals surface area contributed by atoms with Crippen LogP contribution in [0.5, 0.6) is 0 Å². The van der Waals surface area contributed by atoms with Gasteiger partial charge in [-0.3, -0.25) is 0 Å². The molecule has 1 saturated heterocycles. The van der Waals surface area contributed by atoms with Gasteiger partial charge in [-0.15, -0.1) is 0 Å². The molecule has 2 rings (SSSR count). The lowest BCUT2D eigenvalue weighted by molar-refractivity contribution is -0.222. The number of benzene rings is 1. The molecule has 0 aromatic heterocycles. The quantitative estimate of drug-likeness (QED) is 0.342. The number of carbonyl (C=O) groups is 2. The summed E-state index contributed by atoms with van der Waals surface area (Å²) in [7, 11) is -1.57. The lowest BCUT2D eigenvalue weighted by atomic mass is 9.79. The van der Waals surface area contributed by atoms with Gasteiger partial charge in [0.15, 0.2) is 0 Å². The first-order valence-corrected chi connectivity index (χ1v) is 6.35. The van der Waals surface area contributed by atoms with Gasteiger partial charge in [0.25, 0.3) is 5.79 Å². The van der Waals surface area contributed by atoms with E-state index in [9.17, 15) is 9.59 Å². The summed E-state index contributed by atoms with van der Waals surface area (Å²) in [5, 5.41) is 18.2. The molecule has 1 fully saturated rings. The van der Waals surface area contributed by atoms with Crippen LogP contribution in [0, 0.1) is 6.92 Å². The summed E-state index contributed by atoms with van der Waals surface area (Å²) in [6, 6.07) is 4.63. The van der Waals surface area contributed by atoms with Crippen LogP contribution in [-0.4, -0.2) is 34.9 Å². The molecule has 0 unspecified atom stereocenters. The smallest absolute Gasteiger partial charge is 0.423 e. The van der Waals surface area contributed by atoms with Crippen molar-refractivity contribution in [2.45, 2.75) is 26.6 Å². The second kappa shape index (κ2) is 5.35. The summed E-state index contributed by atoms with van der Waals surface area (Å²) < 4.78 is 10.0. The lowest BCUT2D eigenvalue weighted by Crippen LogP contribution is -2.41. The van der Waals surface area contributed by atoms with Gasteiger partial charge in [0, 0.05) is 13.8 Å². The Morgan fingerprint density at radius 2 is 1.71 bits per heavy atom. The predicted octanol–water partition coefficient (Wildman–Crippen LogP) is -0.106. The van der Waals surface area contributed by atoms with Gasteiger partial charge < -0.3 is 19.5 Å². The average Bonchev–Trinajstić information content (AvgIpc) is 2.33. The monoisotopic (exact) mass is 290 g/mol. The van der Waals surface area contributed by atoms with Crippen LogP contribution in [0.4, 0.5) is 0 Å².